The molecule has 0 saturated heterocycles. The highest BCUT2D eigenvalue weighted by atomic mass is 32.2. The molecule has 0 aliphatic carbocycles. The maximum atomic E-state index is 12.3. The molecule has 1 amide bonds. The number of amides is 1. The Morgan fingerprint density at radius 1 is 1.00 bits per heavy atom. The second-order valence-electron chi connectivity index (χ2n) is 6.70. The Labute approximate surface area is 190 Å². The van der Waals surface area contributed by atoms with Gasteiger partial charge in [-0.15, -0.1) is 10.2 Å². The van der Waals surface area contributed by atoms with Crippen LogP contribution in [-0.2, 0) is 4.79 Å². The zero-order valence-corrected chi connectivity index (χ0v) is 18.2. The van der Waals surface area contributed by atoms with Crippen LogP contribution in [0.5, 0.6) is 5.75 Å². The van der Waals surface area contributed by atoms with Crippen molar-refractivity contribution in [2.24, 2.45) is 5.10 Å². The molecule has 160 valence electrons. The van der Waals surface area contributed by atoms with Crippen LogP contribution in [-0.4, -0.2) is 39.7 Å². The van der Waals surface area contributed by atoms with Gasteiger partial charge in [0, 0.05) is 11.3 Å². The maximum absolute atomic E-state index is 12.3. The third-order valence-electron chi connectivity index (χ3n) is 4.53. The summed E-state index contributed by atoms with van der Waals surface area (Å²) in [4.78, 5) is 12.3. The lowest BCUT2D eigenvalue weighted by Gasteiger charge is -2.11. The van der Waals surface area contributed by atoms with E-state index in [0.29, 0.717) is 11.0 Å². The molecule has 0 radical (unpaired) electrons. The molecule has 1 N–H and O–H groups in total. The number of hydrogen-bond donors (Lipinski definition) is 1. The van der Waals surface area contributed by atoms with E-state index in [2.05, 4.69) is 20.7 Å². The highest BCUT2D eigenvalue weighted by Gasteiger charge is 2.17. The van der Waals surface area contributed by atoms with Crippen molar-refractivity contribution in [3.8, 4) is 22.8 Å². The third-order valence-corrected chi connectivity index (χ3v) is 5.46. The lowest BCUT2D eigenvalue weighted by molar-refractivity contribution is -0.118. The molecular formula is C24H21N5O2S. The highest BCUT2D eigenvalue weighted by molar-refractivity contribution is 7.99. The minimum atomic E-state index is -0.229. The van der Waals surface area contributed by atoms with E-state index < -0.39 is 0 Å². The average Bonchev–Trinajstić information content (AvgIpc) is 3.28. The third kappa shape index (κ3) is 5.22. The van der Waals surface area contributed by atoms with Crippen LogP contribution in [0.1, 0.15) is 5.56 Å². The van der Waals surface area contributed by atoms with E-state index in [1.54, 1.807) is 13.3 Å². The smallest absolute Gasteiger partial charge is 0.250 e. The van der Waals surface area contributed by atoms with Gasteiger partial charge in [0.1, 0.15) is 5.75 Å². The first kappa shape index (κ1) is 21.3. The van der Waals surface area contributed by atoms with E-state index in [1.807, 2.05) is 89.5 Å². The fraction of sp³-hybridized carbons (Fsp3) is 0.0833. The maximum Gasteiger partial charge on any atom is 0.250 e. The predicted octanol–water partition coefficient (Wildman–Crippen LogP) is 4.19. The molecule has 8 heteroatoms. The monoisotopic (exact) mass is 443 g/mol. The van der Waals surface area contributed by atoms with Crippen LogP contribution in [0.4, 0.5) is 0 Å². The summed E-state index contributed by atoms with van der Waals surface area (Å²) in [6.07, 6.45) is 1.61. The van der Waals surface area contributed by atoms with Gasteiger partial charge in [-0.3, -0.25) is 9.36 Å². The number of carbonyl (C=O) groups is 1. The SMILES string of the molecule is COc1ccc(-n2c(SCC(=O)N/N=C/c3ccccc3)nnc2-c2ccccc2)cc1. The Morgan fingerprint density at radius 3 is 2.38 bits per heavy atom. The van der Waals surface area contributed by atoms with E-state index in [-0.39, 0.29) is 11.7 Å². The fourth-order valence-electron chi connectivity index (χ4n) is 2.98. The van der Waals surface area contributed by atoms with Crippen molar-refractivity contribution >= 4 is 23.9 Å². The summed E-state index contributed by atoms with van der Waals surface area (Å²) in [5.74, 6) is 1.37. The molecule has 4 rings (SSSR count). The molecule has 0 atom stereocenters. The van der Waals surface area contributed by atoms with Crippen LogP contribution in [0.25, 0.3) is 17.1 Å². The van der Waals surface area contributed by atoms with Crippen LogP contribution in [0, 0.1) is 0 Å². The summed E-state index contributed by atoms with van der Waals surface area (Å²) in [6, 6.07) is 27.0. The van der Waals surface area contributed by atoms with Gasteiger partial charge in [0.15, 0.2) is 11.0 Å². The van der Waals surface area contributed by atoms with Crippen LogP contribution in [0.2, 0.25) is 0 Å². The molecule has 0 aliphatic rings. The lowest BCUT2D eigenvalue weighted by Crippen LogP contribution is -2.20. The van der Waals surface area contributed by atoms with Crippen LogP contribution >= 0.6 is 11.8 Å². The van der Waals surface area contributed by atoms with Gasteiger partial charge in [-0.05, 0) is 29.8 Å². The summed E-state index contributed by atoms with van der Waals surface area (Å²) in [6.45, 7) is 0. The first-order chi connectivity index (χ1) is 15.7. The van der Waals surface area contributed by atoms with Gasteiger partial charge in [-0.2, -0.15) is 5.10 Å². The summed E-state index contributed by atoms with van der Waals surface area (Å²) >= 11 is 1.29. The molecule has 0 unspecified atom stereocenters. The quantitative estimate of drug-likeness (QED) is 0.251. The van der Waals surface area contributed by atoms with Gasteiger partial charge >= 0.3 is 0 Å². The molecule has 4 aromatic rings. The van der Waals surface area contributed by atoms with Gasteiger partial charge < -0.3 is 4.74 Å². The number of thioether (sulfide) groups is 1. The molecule has 3 aromatic carbocycles. The lowest BCUT2D eigenvalue weighted by atomic mass is 10.2. The summed E-state index contributed by atoms with van der Waals surface area (Å²) in [5, 5.41) is 13.3. The fourth-order valence-corrected chi connectivity index (χ4v) is 3.73. The van der Waals surface area contributed by atoms with E-state index in [4.69, 9.17) is 4.74 Å². The molecule has 1 heterocycles. The number of rotatable bonds is 8. The normalized spacial score (nSPS) is 10.9. The zero-order valence-electron chi connectivity index (χ0n) is 17.4. The molecule has 0 bridgehead atoms. The minimum Gasteiger partial charge on any atom is -0.497 e. The number of methoxy groups -OCH3 is 1. The van der Waals surface area contributed by atoms with E-state index >= 15 is 0 Å². The van der Waals surface area contributed by atoms with Crippen molar-refractivity contribution in [2.75, 3.05) is 12.9 Å². The summed E-state index contributed by atoms with van der Waals surface area (Å²) < 4.78 is 7.20. The largest absolute Gasteiger partial charge is 0.497 e. The number of benzene rings is 3. The average molecular weight is 444 g/mol. The zero-order chi connectivity index (χ0) is 22.2. The number of hydrazone groups is 1. The molecule has 0 spiro atoms. The van der Waals surface area contributed by atoms with Crippen LogP contribution < -0.4 is 10.2 Å². The molecule has 0 saturated carbocycles. The van der Waals surface area contributed by atoms with Gasteiger partial charge in [0.25, 0.3) is 5.91 Å². The Bertz CT molecular complexity index is 1190. The van der Waals surface area contributed by atoms with Crippen molar-refractivity contribution < 1.29 is 9.53 Å². The number of ether oxygens (including phenoxy) is 1. The Balaban J connectivity index is 1.52. The number of carbonyl (C=O) groups excluding carboxylic acids is 1. The number of hydrogen-bond acceptors (Lipinski definition) is 6. The topological polar surface area (TPSA) is 81.4 Å². The van der Waals surface area contributed by atoms with Gasteiger partial charge in [0.05, 0.1) is 19.1 Å². The van der Waals surface area contributed by atoms with Gasteiger partial charge in [-0.1, -0.05) is 72.4 Å². The first-order valence-electron chi connectivity index (χ1n) is 9.89. The summed E-state index contributed by atoms with van der Waals surface area (Å²) in [5.41, 5.74) is 5.26. The molecule has 0 aliphatic heterocycles. The van der Waals surface area contributed by atoms with E-state index in [9.17, 15) is 4.79 Å². The first-order valence-corrected chi connectivity index (χ1v) is 10.9. The predicted molar refractivity (Wildman–Crippen MR) is 126 cm³/mol. The summed E-state index contributed by atoms with van der Waals surface area (Å²) in [7, 11) is 1.63. The molecular weight excluding hydrogens is 422 g/mol. The van der Waals surface area contributed by atoms with Crippen molar-refractivity contribution in [2.45, 2.75) is 5.16 Å². The Hall–Kier alpha value is -3.91. The van der Waals surface area contributed by atoms with Crippen molar-refractivity contribution in [3.05, 3.63) is 90.5 Å². The Morgan fingerprint density at radius 2 is 1.69 bits per heavy atom. The standard InChI is InChI=1S/C24H21N5O2S/c1-31-21-14-12-20(13-15-21)29-23(19-10-6-3-7-11-19)27-28-24(29)32-17-22(30)26-25-16-18-8-4-2-5-9-18/h2-16H,17H2,1H3,(H,26,30)/b25-16+. The van der Waals surface area contributed by atoms with E-state index in [1.165, 1.54) is 11.8 Å². The number of nitrogens with zero attached hydrogens (tertiary/aromatic N) is 4. The van der Waals surface area contributed by atoms with Crippen molar-refractivity contribution in [3.63, 3.8) is 0 Å². The van der Waals surface area contributed by atoms with Crippen LogP contribution in [0.15, 0.2) is 95.2 Å². The minimum absolute atomic E-state index is 0.148. The van der Waals surface area contributed by atoms with Crippen molar-refractivity contribution in [1.82, 2.24) is 20.2 Å². The molecule has 32 heavy (non-hydrogen) atoms. The molecule has 0 fully saturated rings. The highest BCUT2D eigenvalue weighted by Crippen LogP contribution is 2.28. The van der Waals surface area contributed by atoms with E-state index in [0.717, 1.165) is 22.6 Å². The molecule has 7 nitrogen and oxygen atoms in total. The Kier molecular flexibility index (Phi) is 6.94. The number of aromatic nitrogens is 3. The second-order valence-corrected chi connectivity index (χ2v) is 7.64. The van der Waals surface area contributed by atoms with Gasteiger partial charge in [-0.25, -0.2) is 5.43 Å². The molecule has 1 aromatic heterocycles. The van der Waals surface area contributed by atoms with Crippen LogP contribution in [0.3, 0.4) is 0 Å². The van der Waals surface area contributed by atoms with Gasteiger partial charge in [0.2, 0.25) is 0 Å². The number of nitrogens with one attached hydrogen (secondary N) is 1. The second kappa shape index (κ2) is 10.4. The van der Waals surface area contributed by atoms with Crippen molar-refractivity contribution in [1.29, 1.82) is 0 Å².